The molecule has 1 N–H and O–H groups in total. The molecule has 1 aromatic rings. The maximum Gasteiger partial charge on any atom is 0.208 e. The zero-order chi connectivity index (χ0) is 12.1. The number of H-pyrrole nitrogens is 1. The number of aromatic nitrogens is 3. The van der Waals surface area contributed by atoms with Gasteiger partial charge in [0.05, 0.1) is 0 Å². The van der Waals surface area contributed by atoms with Gasteiger partial charge in [-0.3, -0.25) is 5.10 Å². The molecule has 0 aromatic carbocycles. The van der Waals surface area contributed by atoms with Crippen LogP contribution in [-0.2, 0) is 6.42 Å². The van der Waals surface area contributed by atoms with Crippen LogP contribution in [0.3, 0.4) is 0 Å². The minimum absolute atomic E-state index is 0.775. The highest BCUT2D eigenvalue weighted by Gasteiger charge is 2.20. The molecule has 0 bridgehead atoms. The molecule has 0 radical (unpaired) electrons. The third-order valence-corrected chi connectivity index (χ3v) is 4.23. The standard InChI is InChI=1S/C12H22N4S/c1-3-5-11-13-12(15-14-11)17-9-7-10-6-4-8-16(10)2/h10H,3-9H2,1-2H3,(H,13,14,15). The largest absolute Gasteiger partial charge is 0.303 e. The Balaban J connectivity index is 1.70. The third kappa shape index (κ3) is 3.71. The predicted molar refractivity (Wildman–Crippen MR) is 71.4 cm³/mol. The van der Waals surface area contributed by atoms with Crippen molar-refractivity contribution in [2.75, 3.05) is 19.3 Å². The van der Waals surface area contributed by atoms with Crippen molar-refractivity contribution in [2.24, 2.45) is 0 Å². The number of nitrogens with one attached hydrogen (secondary N) is 1. The van der Waals surface area contributed by atoms with Gasteiger partial charge in [0.2, 0.25) is 5.16 Å². The number of aromatic amines is 1. The number of likely N-dealkylation sites (tertiary alicyclic amines) is 1. The number of rotatable bonds is 6. The molecule has 5 heteroatoms. The Labute approximate surface area is 108 Å². The van der Waals surface area contributed by atoms with E-state index in [1.807, 2.05) is 0 Å². The summed E-state index contributed by atoms with van der Waals surface area (Å²) < 4.78 is 0. The second-order valence-electron chi connectivity index (χ2n) is 4.73. The maximum absolute atomic E-state index is 4.47. The summed E-state index contributed by atoms with van der Waals surface area (Å²) in [7, 11) is 2.23. The Morgan fingerprint density at radius 2 is 2.41 bits per heavy atom. The van der Waals surface area contributed by atoms with Crippen LogP contribution in [0.15, 0.2) is 5.16 Å². The summed E-state index contributed by atoms with van der Waals surface area (Å²) in [6, 6.07) is 0.775. The molecule has 96 valence electrons. The van der Waals surface area contributed by atoms with Crippen LogP contribution in [0, 0.1) is 0 Å². The smallest absolute Gasteiger partial charge is 0.208 e. The summed E-state index contributed by atoms with van der Waals surface area (Å²) in [5.74, 6) is 2.14. The zero-order valence-electron chi connectivity index (χ0n) is 10.8. The molecule has 17 heavy (non-hydrogen) atoms. The molecule has 1 aromatic heterocycles. The summed E-state index contributed by atoms with van der Waals surface area (Å²) >= 11 is 1.78. The summed E-state index contributed by atoms with van der Waals surface area (Å²) in [6.07, 6.45) is 6.07. The zero-order valence-corrected chi connectivity index (χ0v) is 11.6. The minimum atomic E-state index is 0.775. The first-order valence-corrected chi connectivity index (χ1v) is 7.52. The van der Waals surface area contributed by atoms with E-state index in [1.54, 1.807) is 11.8 Å². The Hall–Kier alpha value is -0.550. The van der Waals surface area contributed by atoms with E-state index in [0.717, 1.165) is 35.6 Å². The fourth-order valence-electron chi connectivity index (χ4n) is 2.32. The molecule has 1 aliphatic heterocycles. The number of thioether (sulfide) groups is 1. The van der Waals surface area contributed by atoms with Crippen LogP contribution in [0.5, 0.6) is 0 Å². The summed E-state index contributed by atoms with van der Waals surface area (Å²) in [6.45, 7) is 3.42. The maximum atomic E-state index is 4.47. The van der Waals surface area contributed by atoms with Gasteiger partial charge in [0.25, 0.3) is 0 Å². The molecule has 1 atom stereocenters. The molecule has 1 saturated heterocycles. The van der Waals surface area contributed by atoms with E-state index < -0.39 is 0 Å². The van der Waals surface area contributed by atoms with E-state index in [4.69, 9.17) is 0 Å². The van der Waals surface area contributed by atoms with Crippen LogP contribution in [0.4, 0.5) is 0 Å². The molecule has 4 nitrogen and oxygen atoms in total. The SMILES string of the molecule is CCCc1nc(SCCC2CCCN2C)n[nH]1. The lowest BCUT2D eigenvalue weighted by atomic mass is 10.2. The quantitative estimate of drug-likeness (QED) is 0.791. The lowest BCUT2D eigenvalue weighted by molar-refractivity contribution is 0.305. The molecule has 0 amide bonds. The predicted octanol–water partition coefficient (Wildman–Crippen LogP) is 2.33. The molecule has 2 heterocycles. The molecule has 1 aliphatic rings. The first-order valence-electron chi connectivity index (χ1n) is 6.54. The average molecular weight is 254 g/mol. The second kappa shape index (κ2) is 6.40. The van der Waals surface area contributed by atoms with Gasteiger partial charge in [-0.1, -0.05) is 18.7 Å². The van der Waals surface area contributed by atoms with Crippen LogP contribution in [0.2, 0.25) is 0 Å². The van der Waals surface area contributed by atoms with E-state index in [-0.39, 0.29) is 0 Å². The Morgan fingerprint density at radius 1 is 1.53 bits per heavy atom. The highest BCUT2D eigenvalue weighted by molar-refractivity contribution is 7.99. The van der Waals surface area contributed by atoms with Gasteiger partial charge in [-0.15, -0.1) is 5.10 Å². The molecule has 2 rings (SSSR count). The first-order chi connectivity index (χ1) is 8.29. The normalized spacial score (nSPS) is 21.2. The van der Waals surface area contributed by atoms with Gasteiger partial charge in [-0.2, -0.15) is 0 Å². The summed E-state index contributed by atoms with van der Waals surface area (Å²) in [5.41, 5.74) is 0. The molecule has 0 saturated carbocycles. The van der Waals surface area contributed by atoms with Crippen molar-refractivity contribution in [3.05, 3.63) is 5.82 Å². The summed E-state index contributed by atoms with van der Waals surface area (Å²) in [5, 5.41) is 8.14. The van der Waals surface area contributed by atoms with Crippen LogP contribution >= 0.6 is 11.8 Å². The minimum Gasteiger partial charge on any atom is -0.303 e. The Kier molecular flexibility index (Phi) is 4.86. The van der Waals surface area contributed by atoms with Crippen molar-refractivity contribution in [3.8, 4) is 0 Å². The van der Waals surface area contributed by atoms with Crippen molar-refractivity contribution in [1.29, 1.82) is 0 Å². The van der Waals surface area contributed by atoms with Gasteiger partial charge in [-0.05, 0) is 39.3 Å². The van der Waals surface area contributed by atoms with E-state index in [0.29, 0.717) is 0 Å². The molecule has 0 spiro atoms. The number of hydrogen-bond acceptors (Lipinski definition) is 4. The van der Waals surface area contributed by atoms with Gasteiger partial charge in [0, 0.05) is 18.2 Å². The van der Waals surface area contributed by atoms with E-state index in [9.17, 15) is 0 Å². The topological polar surface area (TPSA) is 44.8 Å². The molecular formula is C12H22N4S. The Bertz CT molecular complexity index is 339. The fourth-order valence-corrected chi connectivity index (χ4v) is 3.18. The molecule has 1 unspecified atom stereocenters. The lowest BCUT2D eigenvalue weighted by Crippen LogP contribution is -2.25. The van der Waals surface area contributed by atoms with Crippen molar-refractivity contribution in [1.82, 2.24) is 20.1 Å². The van der Waals surface area contributed by atoms with Gasteiger partial charge in [0.1, 0.15) is 5.82 Å². The highest BCUT2D eigenvalue weighted by atomic mass is 32.2. The van der Waals surface area contributed by atoms with Crippen LogP contribution in [0.1, 0.15) is 38.4 Å². The number of nitrogens with zero attached hydrogens (tertiary/aromatic N) is 3. The monoisotopic (exact) mass is 254 g/mol. The van der Waals surface area contributed by atoms with E-state index >= 15 is 0 Å². The van der Waals surface area contributed by atoms with Gasteiger partial charge in [0.15, 0.2) is 0 Å². The Morgan fingerprint density at radius 3 is 3.12 bits per heavy atom. The average Bonchev–Trinajstić information content (AvgIpc) is 2.90. The van der Waals surface area contributed by atoms with Gasteiger partial charge < -0.3 is 4.90 Å². The van der Waals surface area contributed by atoms with Crippen molar-refractivity contribution in [3.63, 3.8) is 0 Å². The third-order valence-electron chi connectivity index (χ3n) is 3.35. The first kappa shape index (κ1) is 12.9. The van der Waals surface area contributed by atoms with Gasteiger partial charge >= 0.3 is 0 Å². The molecule has 1 fully saturated rings. The lowest BCUT2D eigenvalue weighted by Gasteiger charge is -2.18. The number of hydrogen-bond donors (Lipinski definition) is 1. The van der Waals surface area contributed by atoms with E-state index in [2.05, 4.69) is 34.1 Å². The van der Waals surface area contributed by atoms with Crippen LogP contribution in [-0.4, -0.2) is 45.5 Å². The van der Waals surface area contributed by atoms with Crippen LogP contribution in [0.25, 0.3) is 0 Å². The van der Waals surface area contributed by atoms with E-state index in [1.165, 1.54) is 25.8 Å². The summed E-state index contributed by atoms with van der Waals surface area (Å²) in [4.78, 5) is 6.94. The van der Waals surface area contributed by atoms with Crippen molar-refractivity contribution in [2.45, 2.75) is 50.2 Å². The van der Waals surface area contributed by atoms with Crippen molar-refractivity contribution < 1.29 is 0 Å². The fraction of sp³-hybridized carbons (Fsp3) is 0.833. The number of aryl methyl sites for hydroxylation is 1. The molecular weight excluding hydrogens is 232 g/mol. The molecule has 0 aliphatic carbocycles. The van der Waals surface area contributed by atoms with Crippen LogP contribution < -0.4 is 0 Å². The van der Waals surface area contributed by atoms with Gasteiger partial charge in [-0.25, -0.2) is 4.98 Å². The highest BCUT2D eigenvalue weighted by Crippen LogP contribution is 2.22. The van der Waals surface area contributed by atoms with Crippen molar-refractivity contribution >= 4 is 11.8 Å². The second-order valence-corrected chi connectivity index (χ2v) is 5.79.